The Bertz CT molecular complexity index is 234. The van der Waals surface area contributed by atoms with Gasteiger partial charge in [-0.25, -0.2) is 0 Å². The fourth-order valence-corrected chi connectivity index (χ4v) is 1.02. The Labute approximate surface area is 70.9 Å². The van der Waals surface area contributed by atoms with Gasteiger partial charge < -0.3 is 20.0 Å². The van der Waals surface area contributed by atoms with E-state index in [0.717, 1.165) is 5.56 Å². The second-order valence-corrected chi connectivity index (χ2v) is 2.49. The number of nitrogens with two attached hydrogens (primary N) is 1. The molecule has 0 amide bonds. The van der Waals surface area contributed by atoms with Crippen LogP contribution >= 0.6 is 0 Å². The molecule has 0 spiro atoms. The molecule has 3 N–H and O–H groups in total. The molecule has 0 saturated carbocycles. The Kier molecular flexibility index (Phi) is 3.28. The first-order valence-corrected chi connectivity index (χ1v) is 3.73. The Balaban J connectivity index is 2.76. The van der Waals surface area contributed by atoms with E-state index in [1.165, 1.54) is 6.26 Å². The molecule has 0 bridgehead atoms. The molecular formula is C8H13NO3. The number of aliphatic hydroxyl groups is 1. The van der Waals surface area contributed by atoms with E-state index in [2.05, 4.69) is 0 Å². The summed E-state index contributed by atoms with van der Waals surface area (Å²) >= 11 is 0. The Hall–Kier alpha value is -0.840. The van der Waals surface area contributed by atoms with Gasteiger partial charge >= 0.3 is 0 Å². The topological polar surface area (TPSA) is 68.6 Å². The van der Waals surface area contributed by atoms with Crippen LogP contribution in [0.1, 0.15) is 17.4 Å². The molecule has 0 aliphatic rings. The number of furan rings is 1. The SMILES string of the molecule is COCc1ccoc1[C@@H](O)CN. The van der Waals surface area contributed by atoms with Crippen LogP contribution in [-0.4, -0.2) is 18.8 Å². The van der Waals surface area contributed by atoms with E-state index >= 15 is 0 Å². The fourth-order valence-electron chi connectivity index (χ4n) is 1.02. The van der Waals surface area contributed by atoms with Gasteiger partial charge in [-0.1, -0.05) is 0 Å². The predicted molar refractivity (Wildman–Crippen MR) is 43.4 cm³/mol. The molecule has 0 unspecified atom stereocenters. The monoisotopic (exact) mass is 171 g/mol. The molecule has 1 rings (SSSR count). The molecule has 0 saturated heterocycles. The van der Waals surface area contributed by atoms with Crippen molar-refractivity contribution in [3.63, 3.8) is 0 Å². The summed E-state index contributed by atoms with van der Waals surface area (Å²) in [6, 6.07) is 1.76. The quantitative estimate of drug-likeness (QED) is 0.688. The summed E-state index contributed by atoms with van der Waals surface area (Å²) < 4.78 is 9.97. The van der Waals surface area contributed by atoms with E-state index in [4.69, 9.17) is 14.9 Å². The number of rotatable bonds is 4. The molecule has 1 heterocycles. The number of methoxy groups -OCH3 is 1. The van der Waals surface area contributed by atoms with Crippen LogP contribution in [0.2, 0.25) is 0 Å². The maximum Gasteiger partial charge on any atom is 0.139 e. The largest absolute Gasteiger partial charge is 0.466 e. The lowest BCUT2D eigenvalue weighted by Gasteiger charge is -2.06. The van der Waals surface area contributed by atoms with E-state index in [1.54, 1.807) is 13.2 Å². The van der Waals surface area contributed by atoms with Gasteiger partial charge in [0.2, 0.25) is 0 Å². The standard InChI is InChI=1S/C8H13NO3/c1-11-5-6-2-3-12-8(6)7(10)4-9/h2-3,7,10H,4-5,9H2,1H3/t7-/m0/s1. The van der Waals surface area contributed by atoms with Crippen molar-refractivity contribution >= 4 is 0 Å². The molecule has 1 aromatic rings. The van der Waals surface area contributed by atoms with Crippen LogP contribution in [-0.2, 0) is 11.3 Å². The summed E-state index contributed by atoms with van der Waals surface area (Å²) in [6.45, 7) is 0.590. The Morgan fingerprint density at radius 1 is 1.75 bits per heavy atom. The minimum Gasteiger partial charge on any atom is -0.466 e. The van der Waals surface area contributed by atoms with Crippen molar-refractivity contribution in [2.45, 2.75) is 12.7 Å². The van der Waals surface area contributed by atoms with E-state index in [-0.39, 0.29) is 6.54 Å². The first-order valence-electron chi connectivity index (χ1n) is 3.73. The van der Waals surface area contributed by atoms with Gasteiger partial charge in [-0.2, -0.15) is 0 Å². The number of hydrogen-bond donors (Lipinski definition) is 2. The Morgan fingerprint density at radius 3 is 3.08 bits per heavy atom. The molecular weight excluding hydrogens is 158 g/mol. The van der Waals surface area contributed by atoms with E-state index in [9.17, 15) is 5.11 Å². The van der Waals surface area contributed by atoms with E-state index in [0.29, 0.717) is 12.4 Å². The summed E-state index contributed by atoms with van der Waals surface area (Å²) in [5.74, 6) is 0.499. The number of aliphatic hydroxyl groups excluding tert-OH is 1. The van der Waals surface area contributed by atoms with Gasteiger partial charge in [0.15, 0.2) is 0 Å². The zero-order chi connectivity index (χ0) is 8.97. The van der Waals surface area contributed by atoms with Crippen molar-refractivity contribution < 1.29 is 14.3 Å². The highest BCUT2D eigenvalue weighted by molar-refractivity contribution is 5.18. The van der Waals surface area contributed by atoms with E-state index in [1.807, 2.05) is 0 Å². The summed E-state index contributed by atoms with van der Waals surface area (Å²) in [6.07, 6.45) is 0.785. The van der Waals surface area contributed by atoms with Crippen LogP contribution in [0.5, 0.6) is 0 Å². The molecule has 0 aromatic carbocycles. The molecule has 0 aliphatic carbocycles. The zero-order valence-corrected chi connectivity index (χ0v) is 6.99. The fraction of sp³-hybridized carbons (Fsp3) is 0.500. The van der Waals surface area contributed by atoms with Crippen LogP contribution in [0.15, 0.2) is 16.7 Å². The van der Waals surface area contributed by atoms with Gasteiger partial charge in [0.1, 0.15) is 11.9 Å². The lowest BCUT2D eigenvalue weighted by molar-refractivity contribution is 0.145. The van der Waals surface area contributed by atoms with Gasteiger partial charge in [-0.15, -0.1) is 0 Å². The van der Waals surface area contributed by atoms with Gasteiger partial charge in [-0.05, 0) is 6.07 Å². The van der Waals surface area contributed by atoms with Crippen LogP contribution < -0.4 is 5.73 Å². The normalized spacial score (nSPS) is 13.2. The zero-order valence-electron chi connectivity index (χ0n) is 6.99. The highest BCUT2D eigenvalue weighted by atomic mass is 16.5. The Morgan fingerprint density at radius 2 is 2.50 bits per heavy atom. The third kappa shape index (κ3) is 1.85. The van der Waals surface area contributed by atoms with Crippen LogP contribution in [0.25, 0.3) is 0 Å². The van der Waals surface area contributed by atoms with Crippen molar-refractivity contribution in [2.24, 2.45) is 5.73 Å². The van der Waals surface area contributed by atoms with Gasteiger partial charge in [0, 0.05) is 19.2 Å². The second kappa shape index (κ2) is 4.25. The first kappa shape index (κ1) is 9.25. The summed E-state index contributed by atoms with van der Waals surface area (Å²) in [5.41, 5.74) is 6.12. The first-order chi connectivity index (χ1) is 5.79. The summed E-state index contributed by atoms with van der Waals surface area (Å²) in [5, 5.41) is 9.35. The maximum absolute atomic E-state index is 9.35. The van der Waals surface area contributed by atoms with Crippen molar-refractivity contribution in [1.29, 1.82) is 0 Å². The van der Waals surface area contributed by atoms with Crippen molar-refractivity contribution in [3.8, 4) is 0 Å². The molecule has 12 heavy (non-hydrogen) atoms. The molecule has 4 heteroatoms. The highest BCUT2D eigenvalue weighted by Crippen LogP contribution is 2.18. The van der Waals surface area contributed by atoms with Crippen LogP contribution in [0.4, 0.5) is 0 Å². The van der Waals surface area contributed by atoms with Gasteiger partial charge in [0.05, 0.1) is 12.9 Å². The predicted octanol–water partition coefficient (Wildman–Crippen LogP) is 0.418. The maximum atomic E-state index is 9.35. The van der Waals surface area contributed by atoms with Gasteiger partial charge in [-0.3, -0.25) is 0 Å². The molecule has 4 nitrogen and oxygen atoms in total. The minimum absolute atomic E-state index is 0.157. The average molecular weight is 171 g/mol. The average Bonchev–Trinajstić information content (AvgIpc) is 2.52. The number of ether oxygens (including phenoxy) is 1. The molecule has 1 aromatic heterocycles. The lowest BCUT2D eigenvalue weighted by Crippen LogP contribution is -2.12. The molecule has 0 radical (unpaired) electrons. The van der Waals surface area contributed by atoms with E-state index < -0.39 is 6.10 Å². The second-order valence-electron chi connectivity index (χ2n) is 2.49. The molecule has 0 fully saturated rings. The third-order valence-corrected chi connectivity index (χ3v) is 1.61. The van der Waals surface area contributed by atoms with Crippen LogP contribution in [0.3, 0.4) is 0 Å². The summed E-state index contributed by atoms with van der Waals surface area (Å²) in [7, 11) is 1.59. The number of hydrogen-bond acceptors (Lipinski definition) is 4. The summed E-state index contributed by atoms with van der Waals surface area (Å²) in [4.78, 5) is 0. The van der Waals surface area contributed by atoms with Gasteiger partial charge in [0.25, 0.3) is 0 Å². The molecule has 0 aliphatic heterocycles. The molecule has 1 atom stereocenters. The molecule has 68 valence electrons. The highest BCUT2D eigenvalue weighted by Gasteiger charge is 2.13. The smallest absolute Gasteiger partial charge is 0.139 e. The van der Waals surface area contributed by atoms with Crippen molar-refractivity contribution in [1.82, 2.24) is 0 Å². The minimum atomic E-state index is -0.731. The van der Waals surface area contributed by atoms with Crippen molar-refractivity contribution in [3.05, 3.63) is 23.7 Å². The third-order valence-electron chi connectivity index (χ3n) is 1.61. The lowest BCUT2D eigenvalue weighted by atomic mass is 10.2. The van der Waals surface area contributed by atoms with Crippen molar-refractivity contribution in [2.75, 3.05) is 13.7 Å². The van der Waals surface area contributed by atoms with Crippen LogP contribution in [0, 0.1) is 0 Å².